The molecular formula is C25H21O4-. The minimum Gasteiger partial charge on any atom is -0.872 e. The number of hydrogen-bond acceptors (Lipinski definition) is 4. The van der Waals surface area contributed by atoms with Crippen molar-refractivity contribution in [3.8, 4) is 0 Å². The molecule has 2 aromatic carbocycles. The van der Waals surface area contributed by atoms with E-state index in [1.165, 1.54) is 38.2 Å². The number of ketones is 3. The van der Waals surface area contributed by atoms with Gasteiger partial charge in [0.25, 0.3) is 0 Å². The number of allylic oxidation sites excluding steroid dienone is 7. The highest BCUT2D eigenvalue weighted by molar-refractivity contribution is 6.25. The lowest BCUT2D eigenvalue weighted by molar-refractivity contribution is -0.244. The lowest BCUT2D eigenvalue weighted by Gasteiger charge is -2.15. The minimum atomic E-state index is -0.359. The van der Waals surface area contributed by atoms with Gasteiger partial charge >= 0.3 is 0 Å². The van der Waals surface area contributed by atoms with Gasteiger partial charge in [-0.15, -0.1) is 0 Å². The van der Waals surface area contributed by atoms with Crippen LogP contribution < -0.4 is 5.11 Å². The van der Waals surface area contributed by atoms with Crippen LogP contribution in [0.1, 0.15) is 29.8 Å². The number of carbonyl (C=O) groups excluding carboxylic acids is 3. The molecule has 0 aliphatic heterocycles. The van der Waals surface area contributed by atoms with E-state index >= 15 is 0 Å². The SMILES string of the molecule is CC(=O)C(=CC=CC=CC(C(C)=O)=C([O-])c1ccccc1)C(=O)c1ccccc1. The Morgan fingerprint density at radius 2 is 1.28 bits per heavy atom. The van der Waals surface area contributed by atoms with Gasteiger partial charge in [-0.05, 0) is 25.5 Å². The molecule has 2 aromatic rings. The van der Waals surface area contributed by atoms with Crippen molar-refractivity contribution in [1.29, 1.82) is 0 Å². The first-order valence-electron chi connectivity index (χ1n) is 9.05. The number of Topliss-reactive ketones (excluding diaryl/α,β-unsaturated/α-hetero) is 3. The summed E-state index contributed by atoms with van der Waals surface area (Å²) in [5.41, 5.74) is 0.964. The predicted octanol–water partition coefficient (Wildman–Crippen LogP) is 3.86. The molecule has 0 heterocycles. The van der Waals surface area contributed by atoms with E-state index < -0.39 is 0 Å². The van der Waals surface area contributed by atoms with E-state index in [1.807, 2.05) is 0 Å². The molecular weight excluding hydrogens is 364 g/mol. The lowest BCUT2D eigenvalue weighted by Crippen LogP contribution is -2.10. The molecule has 0 aliphatic carbocycles. The maximum atomic E-state index is 12.5. The second-order valence-electron chi connectivity index (χ2n) is 6.24. The van der Waals surface area contributed by atoms with E-state index in [0.29, 0.717) is 11.1 Å². The van der Waals surface area contributed by atoms with Crippen LogP contribution in [0.25, 0.3) is 5.76 Å². The molecule has 0 saturated carbocycles. The highest BCUT2D eigenvalue weighted by Gasteiger charge is 2.15. The van der Waals surface area contributed by atoms with Gasteiger partial charge in [-0.3, -0.25) is 14.4 Å². The molecule has 146 valence electrons. The average molecular weight is 385 g/mol. The van der Waals surface area contributed by atoms with Crippen molar-refractivity contribution in [1.82, 2.24) is 0 Å². The third-order valence-corrected chi connectivity index (χ3v) is 4.07. The minimum absolute atomic E-state index is 0.0528. The van der Waals surface area contributed by atoms with Gasteiger partial charge in [-0.1, -0.05) is 90.7 Å². The number of carbonyl (C=O) groups is 3. The summed E-state index contributed by atoms with van der Waals surface area (Å²) in [4.78, 5) is 36.1. The van der Waals surface area contributed by atoms with E-state index in [1.54, 1.807) is 66.7 Å². The Hall–Kier alpha value is -3.79. The largest absolute Gasteiger partial charge is 0.872 e. The molecule has 2 rings (SSSR count). The van der Waals surface area contributed by atoms with E-state index in [9.17, 15) is 19.5 Å². The molecule has 4 nitrogen and oxygen atoms in total. The highest BCUT2D eigenvalue weighted by atomic mass is 16.3. The number of hydrogen-bond donors (Lipinski definition) is 0. The topological polar surface area (TPSA) is 74.3 Å². The molecule has 29 heavy (non-hydrogen) atoms. The summed E-state index contributed by atoms with van der Waals surface area (Å²) in [5.74, 6) is -1.41. The monoisotopic (exact) mass is 385 g/mol. The summed E-state index contributed by atoms with van der Waals surface area (Å²) in [6.07, 6.45) is 7.46. The zero-order valence-electron chi connectivity index (χ0n) is 16.3. The smallest absolute Gasteiger partial charge is 0.196 e. The Morgan fingerprint density at radius 1 is 0.724 bits per heavy atom. The van der Waals surface area contributed by atoms with Crippen LogP contribution in [0.4, 0.5) is 0 Å². The van der Waals surface area contributed by atoms with Gasteiger partial charge in [0.05, 0.1) is 5.57 Å². The maximum Gasteiger partial charge on any atom is 0.196 e. The van der Waals surface area contributed by atoms with Crippen molar-refractivity contribution >= 4 is 23.1 Å². The second kappa shape index (κ2) is 10.5. The van der Waals surface area contributed by atoms with E-state index in [2.05, 4.69) is 0 Å². The average Bonchev–Trinajstić information content (AvgIpc) is 2.73. The first-order chi connectivity index (χ1) is 13.9. The van der Waals surface area contributed by atoms with E-state index in [0.717, 1.165) is 0 Å². The molecule has 0 aliphatic rings. The Labute approximate surface area is 170 Å². The number of benzene rings is 2. The summed E-state index contributed by atoms with van der Waals surface area (Å²) >= 11 is 0. The molecule has 0 N–H and O–H groups in total. The fourth-order valence-corrected chi connectivity index (χ4v) is 2.56. The fraction of sp³-hybridized carbons (Fsp3) is 0.0800. The molecule has 0 aromatic heterocycles. The molecule has 0 bridgehead atoms. The molecule has 0 saturated heterocycles. The Morgan fingerprint density at radius 3 is 1.79 bits per heavy atom. The summed E-state index contributed by atoms with van der Waals surface area (Å²) in [6, 6.07) is 17.1. The van der Waals surface area contributed by atoms with Gasteiger partial charge in [-0.2, -0.15) is 0 Å². The van der Waals surface area contributed by atoms with Crippen LogP contribution in [0.3, 0.4) is 0 Å². The Balaban J connectivity index is 2.23. The van der Waals surface area contributed by atoms with Crippen LogP contribution in [-0.2, 0) is 9.59 Å². The van der Waals surface area contributed by atoms with Crippen molar-refractivity contribution < 1.29 is 19.5 Å². The van der Waals surface area contributed by atoms with Crippen LogP contribution in [0, 0.1) is 0 Å². The molecule has 0 spiro atoms. The second-order valence-corrected chi connectivity index (χ2v) is 6.24. The fourth-order valence-electron chi connectivity index (χ4n) is 2.56. The van der Waals surface area contributed by atoms with E-state index in [4.69, 9.17) is 0 Å². The third kappa shape index (κ3) is 6.11. The van der Waals surface area contributed by atoms with Gasteiger partial charge < -0.3 is 5.11 Å². The molecule has 0 unspecified atom stereocenters. The van der Waals surface area contributed by atoms with Crippen LogP contribution in [-0.4, -0.2) is 17.3 Å². The first-order valence-corrected chi connectivity index (χ1v) is 9.05. The maximum absolute atomic E-state index is 12.5. The third-order valence-electron chi connectivity index (χ3n) is 4.07. The molecule has 0 atom stereocenters. The Bertz CT molecular complexity index is 1010. The summed E-state index contributed by atoms with van der Waals surface area (Å²) in [6.45, 7) is 2.66. The van der Waals surface area contributed by atoms with Crippen molar-refractivity contribution in [3.63, 3.8) is 0 Å². The van der Waals surface area contributed by atoms with Crippen molar-refractivity contribution in [2.45, 2.75) is 13.8 Å². The highest BCUT2D eigenvalue weighted by Crippen LogP contribution is 2.15. The Kier molecular flexibility index (Phi) is 7.80. The number of rotatable bonds is 8. The van der Waals surface area contributed by atoms with Crippen molar-refractivity contribution in [2.75, 3.05) is 0 Å². The van der Waals surface area contributed by atoms with Gasteiger partial charge in [0, 0.05) is 11.1 Å². The standard InChI is InChI=1S/C25H22O4/c1-18(26)22(24(28)20-12-6-3-7-13-20)16-10-5-11-17-23(19(2)27)25(29)21-14-8-4-9-15-21/h3-17,28H,1-2H3/p-1. The normalized spacial score (nSPS) is 12.8. The van der Waals surface area contributed by atoms with Crippen LogP contribution >= 0.6 is 0 Å². The van der Waals surface area contributed by atoms with Gasteiger partial charge in [0.2, 0.25) is 0 Å². The van der Waals surface area contributed by atoms with Crippen LogP contribution in [0.2, 0.25) is 0 Å². The van der Waals surface area contributed by atoms with Crippen LogP contribution in [0.5, 0.6) is 0 Å². The lowest BCUT2D eigenvalue weighted by atomic mass is 10.0. The summed E-state index contributed by atoms with van der Waals surface area (Å²) < 4.78 is 0. The van der Waals surface area contributed by atoms with E-state index in [-0.39, 0.29) is 34.3 Å². The zero-order valence-corrected chi connectivity index (χ0v) is 16.3. The molecule has 4 heteroatoms. The zero-order chi connectivity index (χ0) is 21.2. The van der Waals surface area contributed by atoms with Gasteiger partial charge in [0.1, 0.15) is 0 Å². The van der Waals surface area contributed by atoms with Crippen molar-refractivity contribution in [2.24, 2.45) is 0 Å². The molecule has 0 amide bonds. The summed E-state index contributed by atoms with van der Waals surface area (Å²) in [7, 11) is 0. The quantitative estimate of drug-likeness (QED) is 0.173. The first kappa shape index (κ1) is 21.5. The van der Waals surface area contributed by atoms with Gasteiger partial charge in [0.15, 0.2) is 17.3 Å². The summed E-state index contributed by atoms with van der Waals surface area (Å²) in [5, 5.41) is 12.5. The predicted molar refractivity (Wildman–Crippen MR) is 112 cm³/mol. The van der Waals surface area contributed by atoms with Crippen LogP contribution in [0.15, 0.2) is 102 Å². The molecule has 0 radical (unpaired) electrons. The van der Waals surface area contributed by atoms with Gasteiger partial charge in [-0.25, -0.2) is 0 Å². The van der Waals surface area contributed by atoms with Crippen molar-refractivity contribution in [3.05, 3.63) is 113 Å². The molecule has 0 fully saturated rings.